The molecule has 2 aromatic rings. The number of rotatable bonds is 6. The van der Waals surface area contributed by atoms with Gasteiger partial charge in [-0.3, -0.25) is 9.59 Å². The molecule has 0 unspecified atom stereocenters. The monoisotopic (exact) mass is 414 g/mol. The van der Waals surface area contributed by atoms with Gasteiger partial charge in [-0.2, -0.15) is 0 Å². The van der Waals surface area contributed by atoms with E-state index in [1.54, 1.807) is 20.8 Å². The number of aromatic nitrogens is 2. The Morgan fingerprint density at radius 2 is 1.47 bits per heavy atom. The molecule has 30 heavy (non-hydrogen) atoms. The summed E-state index contributed by atoms with van der Waals surface area (Å²) in [7, 11) is 0. The van der Waals surface area contributed by atoms with E-state index in [1.165, 1.54) is 6.07 Å². The number of carbonyl (C=O) groups is 5. The first-order valence-electron chi connectivity index (χ1n) is 9.22. The standard InChI is InChI=1S/C20H18N2O8/c1-4-28-18(25)9-7-11(19(26)29-5-2)22-15-13(9)14-10(16(23)17(15)24)8-12(21-14)20(27)30-6-3/h7-8,21H,4-6H2,1-3H3. The lowest BCUT2D eigenvalue weighted by Gasteiger charge is -2.18. The van der Waals surface area contributed by atoms with Gasteiger partial charge in [0, 0.05) is 5.56 Å². The van der Waals surface area contributed by atoms with Crippen LogP contribution in [-0.2, 0) is 14.2 Å². The number of pyridine rings is 1. The second-order valence-electron chi connectivity index (χ2n) is 6.07. The number of ether oxygens (including phenoxy) is 3. The Kier molecular flexibility index (Phi) is 5.77. The van der Waals surface area contributed by atoms with Crippen molar-refractivity contribution in [3.8, 4) is 11.3 Å². The third-order valence-electron chi connectivity index (χ3n) is 4.23. The molecule has 156 valence electrons. The number of Topliss-reactive ketones (excluding diaryl/α,β-unsaturated/α-hetero) is 2. The van der Waals surface area contributed by atoms with Gasteiger partial charge in [0.05, 0.1) is 36.6 Å². The lowest BCUT2D eigenvalue weighted by atomic mass is 9.88. The summed E-state index contributed by atoms with van der Waals surface area (Å²) in [6, 6.07) is 2.32. The van der Waals surface area contributed by atoms with Gasteiger partial charge in [-0.05, 0) is 32.9 Å². The topological polar surface area (TPSA) is 142 Å². The molecular formula is C20H18N2O8. The smallest absolute Gasteiger partial charge is 0.356 e. The first-order chi connectivity index (χ1) is 14.3. The predicted molar refractivity (Wildman–Crippen MR) is 101 cm³/mol. The van der Waals surface area contributed by atoms with Crippen molar-refractivity contribution in [3.63, 3.8) is 0 Å². The SMILES string of the molecule is CCOC(=O)c1cc(C(=O)OCC)c2c(n1)C(=O)C(=O)c1cc(C(=O)OCC)[nH]c1-2. The molecule has 0 atom stereocenters. The quantitative estimate of drug-likeness (QED) is 0.426. The van der Waals surface area contributed by atoms with Crippen molar-refractivity contribution in [2.45, 2.75) is 20.8 Å². The maximum atomic E-state index is 12.7. The normalized spacial score (nSPS) is 12.1. The molecule has 1 N–H and O–H groups in total. The number of nitrogens with zero attached hydrogens (tertiary/aromatic N) is 1. The lowest BCUT2D eigenvalue weighted by Crippen LogP contribution is -2.26. The van der Waals surface area contributed by atoms with E-state index < -0.39 is 35.2 Å². The van der Waals surface area contributed by atoms with Crippen LogP contribution in [0.1, 0.15) is 73.0 Å². The van der Waals surface area contributed by atoms with Crippen molar-refractivity contribution in [3.05, 3.63) is 40.3 Å². The van der Waals surface area contributed by atoms with E-state index in [9.17, 15) is 24.0 Å². The summed E-state index contributed by atoms with van der Waals surface area (Å²) < 4.78 is 14.8. The van der Waals surface area contributed by atoms with Crippen LogP contribution in [0.5, 0.6) is 0 Å². The highest BCUT2D eigenvalue weighted by Crippen LogP contribution is 2.36. The van der Waals surface area contributed by atoms with Gasteiger partial charge in [-0.15, -0.1) is 0 Å². The average molecular weight is 414 g/mol. The molecule has 0 amide bonds. The van der Waals surface area contributed by atoms with E-state index in [4.69, 9.17) is 14.2 Å². The molecule has 10 heteroatoms. The maximum Gasteiger partial charge on any atom is 0.356 e. The van der Waals surface area contributed by atoms with Gasteiger partial charge in [0.2, 0.25) is 5.78 Å². The van der Waals surface area contributed by atoms with Gasteiger partial charge in [-0.1, -0.05) is 0 Å². The van der Waals surface area contributed by atoms with Crippen LogP contribution >= 0.6 is 0 Å². The summed E-state index contributed by atoms with van der Waals surface area (Å²) in [6.07, 6.45) is 0. The van der Waals surface area contributed by atoms with E-state index in [1.807, 2.05) is 0 Å². The molecular weight excluding hydrogens is 396 g/mol. The van der Waals surface area contributed by atoms with Gasteiger partial charge in [0.15, 0.2) is 0 Å². The average Bonchev–Trinajstić information content (AvgIpc) is 3.17. The van der Waals surface area contributed by atoms with E-state index in [0.29, 0.717) is 0 Å². The molecule has 0 saturated heterocycles. The number of fused-ring (bicyclic) bond motifs is 3. The molecule has 2 aromatic heterocycles. The van der Waals surface area contributed by atoms with Crippen LogP contribution < -0.4 is 0 Å². The highest BCUT2D eigenvalue weighted by molar-refractivity contribution is 6.52. The van der Waals surface area contributed by atoms with Crippen molar-refractivity contribution in [2.75, 3.05) is 19.8 Å². The summed E-state index contributed by atoms with van der Waals surface area (Å²) >= 11 is 0. The van der Waals surface area contributed by atoms with Crippen molar-refractivity contribution < 1.29 is 38.2 Å². The van der Waals surface area contributed by atoms with E-state index in [2.05, 4.69) is 9.97 Å². The molecule has 0 radical (unpaired) electrons. The Balaban J connectivity index is 2.28. The lowest BCUT2D eigenvalue weighted by molar-refractivity contribution is 0.0507. The number of ketones is 2. The molecule has 1 aliphatic rings. The highest BCUT2D eigenvalue weighted by Gasteiger charge is 2.38. The molecule has 1 aliphatic carbocycles. The van der Waals surface area contributed by atoms with Gasteiger partial charge < -0.3 is 19.2 Å². The summed E-state index contributed by atoms with van der Waals surface area (Å²) in [4.78, 5) is 68.8. The molecule has 2 heterocycles. The molecule has 0 aromatic carbocycles. The highest BCUT2D eigenvalue weighted by atomic mass is 16.5. The Labute approximate surface area is 170 Å². The zero-order chi connectivity index (χ0) is 22.0. The first-order valence-corrected chi connectivity index (χ1v) is 9.22. The number of esters is 3. The van der Waals surface area contributed by atoms with Gasteiger partial charge in [0.1, 0.15) is 17.1 Å². The van der Waals surface area contributed by atoms with Gasteiger partial charge in [-0.25, -0.2) is 19.4 Å². The fourth-order valence-electron chi connectivity index (χ4n) is 3.02. The largest absolute Gasteiger partial charge is 0.462 e. The Morgan fingerprint density at radius 1 is 0.867 bits per heavy atom. The molecule has 0 fully saturated rings. The molecule has 0 aliphatic heterocycles. The van der Waals surface area contributed by atoms with Crippen molar-refractivity contribution in [2.24, 2.45) is 0 Å². The van der Waals surface area contributed by atoms with Crippen LogP contribution in [0, 0.1) is 0 Å². The van der Waals surface area contributed by atoms with Crippen LogP contribution in [0.4, 0.5) is 0 Å². The van der Waals surface area contributed by atoms with Crippen LogP contribution in [-0.4, -0.2) is 59.3 Å². The minimum Gasteiger partial charge on any atom is -0.462 e. The van der Waals surface area contributed by atoms with Crippen LogP contribution in [0.2, 0.25) is 0 Å². The molecule has 0 bridgehead atoms. The van der Waals surface area contributed by atoms with Crippen LogP contribution in [0.15, 0.2) is 12.1 Å². The van der Waals surface area contributed by atoms with Crippen LogP contribution in [0.3, 0.4) is 0 Å². The van der Waals surface area contributed by atoms with Crippen molar-refractivity contribution in [1.29, 1.82) is 0 Å². The second-order valence-corrected chi connectivity index (χ2v) is 6.07. The first kappa shape index (κ1) is 20.9. The fraction of sp³-hybridized carbons (Fsp3) is 0.300. The predicted octanol–water partition coefficient (Wildman–Crippen LogP) is 1.99. The van der Waals surface area contributed by atoms with Crippen molar-refractivity contribution >= 4 is 29.5 Å². The van der Waals surface area contributed by atoms with Gasteiger partial charge >= 0.3 is 17.9 Å². The Hall–Kier alpha value is -3.82. The third kappa shape index (κ3) is 3.47. The summed E-state index contributed by atoms with van der Waals surface area (Å²) in [5.41, 5.74) is -1.05. The van der Waals surface area contributed by atoms with E-state index in [0.717, 1.165) is 6.07 Å². The maximum absolute atomic E-state index is 12.7. The number of hydrogen-bond acceptors (Lipinski definition) is 9. The number of carbonyl (C=O) groups excluding carboxylic acids is 5. The van der Waals surface area contributed by atoms with E-state index >= 15 is 0 Å². The van der Waals surface area contributed by atoms with E-state index in [-0.39, 0.29) is 53.6 Å². The third-order valence-corrected chi connectivity index (χ3v) is 4.23. The number of H-pyrrole nitrogens is 1. The zero-order valence-corrected chi connectivity index (χ0v) is 16.5. The summed E-state index contributed by atoms with van der Waals surface area (Å²) in [6.45, 7) is 4.96. The van der Waals surface area contributed by atoms with Crippen LogP contribution in [0.25, 0.3) is 11.3 Å². The van der Waals surface area contributed by atoms with Crippen molar-refractivity contribution in [1.82, 2.24) is 9.97 Å². The minimum atomic E-state index is -1.02. The van der Waals surface area contributed by atoms with Gasteiger partial charge in [0.25, 0.3) is 5.78 Å². The Morgan fingerprint density at radius 3 is 2.10 bits per heavy atom. The minimum absolute atomic E-state index is 0.0309. The summed E-state index contributed by atoms with van der Waals surface area (Å²) in [5, 5.41) is 0. The second kappa shape index (κ2) is 8.27. The molecule has 3 rings (SSSR count). The zero-order valence-electron chi connectivity index (χ0n) is 16.5. The number of hydrogen-bond donors (Lipinski definition) is 1. The molecule has 10 nitrogen and oxygen atoms in total. The molecule has 0 saturated carbocycles. The summed E-state index contributed by atoms with van der Waals surface area (Å²) in [5.74, 6) is -4.39. The number of nitrogens with one attached hydrogen (secondary N) is 1. The fourth-order valence-corrected chi connectivity index (χ4v) is 3.02. The Bertz CT molecular complexity index is 1080. The number of aromatic amines is 1. The molecule has 0 spiro atoms.